The van der Waals surface area contributed by atoms with E-state index in [-0.39, 0.29) is 11.7 Å². The van der Waals surface area contributed by atoms with Gasteiger partial charge >= 0.3 is 0 Å². The molecule has 2 aromatic carbocycles. The van der Waals surface area contributed by atoms with Crippen LogP contribution in [0.2, 0.25) is 5.02 Å². The molecular formula is C23H22ClF2N3S. The highest BCUT2D eigenvalue weighted by Crippen LogP contribution is 2.36. The van der Waals surface area contributed by atoms with Crippen LogP contribution in [0.5, 0.6) is 0 Å². The number of pyridine rings is 1. The van der Waals surface area contributed by atoms with E-state index < -0.39 is 11.6 Å². The highest BCUT2D eigenvalue weighted by Gasteiger charge is 2.28. The molecule has 1 unspecified atom stereocenters. The summed E-state index contributed by atoms with van der Waals surface area (Å²) in [6, 6.07) is 15.0. The average molecular weight is 446 g/mol. The first-order valence-electron chi connectivity index (χ1n) is 9.87. The molecule has 4 rings (SSSR count). The second-order valence-corrected chi connectivity index (χ2v) is 8.84. The fourth-order valence-corrected chi connectivity index (χ4v) is 4.87. The monoisotopic (exact) mass is 445 g/mol. The van der Waals surface area contributed by atoms with Crippen LogP contribution in [-0.2, 0) is 6.54 Å². The van der Waals surface area contributed by atoms with Crippen molar-refractivity contribution >= 4 is 29.2 Å². The highest BCUT2D eigenvalue weighted by atomic mass is 35.5. The van der Waals surface area contributed by atoms with Crippen LogP contribution in [-0.4, -0.2) is 29.0 Å². The molecule has 2 heterocycles. The van der Waals surface area contributed by atoms with Gasteiger partial charge in [-0.05, 0) is 79.4 Å². The lowest BCUT2D eigenvalue weighted by Crippen LogP contribution is -2.45. The number of likely N-dealkylation sites (tertiary alicyclic amines) is 1. The van der Waals surface area contributed by atoms with Crippen LogP contribution in [0.1, 0.15) is 18.4 Å². The van der Waals surface area contributed by atoms with E-state index in [1.807, 2.05) is 28.7 Å². The first-order valence-corrected chi connectivity index (χ1v) is 11.0. The summed E-state index contributed by atoms with van der Waals surface area (Å²) in [5.41, 5.74) is 1.41. The molecule has 0 bridgehead atoms. The van der Waals surface area contributed by atoms with E-state index in [0.29, 0.717) is 5.02 Å². The van der Waals surface area contributed by atoms with Crippen molar-refractivity contribution in [3.63, 3.8) is 0 Å². The van der Waals surface area contributed by atoms with Crippen molar-refractivity contribution in [2.75, 3.05) is 17.4 Å². The molecule has 3 aromatic rings. The van der Waals surface area contributed by atoms with E-state index in [1.165, 1.54) is 24.1 Å². The van der Waals surface area contributed by atoms with E-state index >= 15 is 0 Å². The second kappa shape index (κ2) is 9.77. The largest absolute Gasteiger partial charge is 0.305 e. The maximum absolute atomic E-state index is 14.7. The SMILES string of the molecule is Fc1ccc(F)c(N(Sc2ccc(Cl)cc2)C2CCCN(Cc3cccnc3)C2)c1. The second-order valence-electron chi connectivity index (χ2n) is 7.36. The molecular weight excluding hydrogens is 424 g/mol. The molecule has 1 aliphatic heterocycles. The van der Waals surface area contributed by atoms with Gasteiger partial charge in [0.1, 0.15) is 11.6 Å². The molecule has 1 aliphatic rings. The van der Waals surface area contributed by atoms with Crippen LogP contribution in [0.4, 0.5) is 14.5 Å². The van der Waals surface area contributed by atoms with Gasteiger partial charge in [-0.15, -0.1) is 0 Å². The van der Waals surface area contributed by atoms with Crippen molar-refractivity contribution in [1.82, 2.24) is 9.88 Å². The molecule has 0 spiro atoms. The number of nitrogens with zero attached hydrogens (tertiary/aromatic N) is 3. The normalized spacial score (nSPS) is 17.1. The Morgan fingerprint density at radius 3 is 2.73 bits per heavy atom. The molecule has 3 nitrogen and oxygen atoms in total. The third-order valence-corrected chi connectivity index (χ3v) is 6.53. The van der Waals surface area contributed by atoms with Crippen molar-refractivity contribution in [2.24, 2.45) is 0 Å². The van der Waals surface area contributed by atoms with Crippen LogP contribution in [0.25, 0.3) is 0 Å². The Balaban J connectivity index is 1.59. The van der Waals surface area contributed by atoms with Gasteiger partial charge in [-0.1, -0.05) is 17.7 Å². The van der Waals surface area contributed by atoms with Gasteiger partial charge in [0.15, 0.2) is 0 Å². The zero-order valence-corrected chi connectivity index (χ0v) is 17.9. The first-order chi connectivity index (χ1) is 14.6. The van der Waals surface area contributed by atoms with Gasteiger partial charge in [-0.2, -0.15) is 0 Å². The number of rotatable bonds is 6. The van der Waals surface area contributed by atoms with Crippen molar-refractivity contribution in [1.29, 1.82) is 0 Å². The standard InChI is InChI=1S/C23H22ClF2N3S/c24-18-5-8-21(9-6-18)30-29(23-13-19(25)7-10-22(23)26)20-4-2-12-28(16-20)15-17-3-1-11-27-14-17/h1,3,5-11,13-14,20H,2,4,12,15-16H2. The molecule has 0 N–H and O–H groups in total. The predicted molar refractivity (Wildman–Crippen MR) is 119 cm³/mol. The Morgan fingerprint density at radius 1 is 1.13 bits per heavy atom. The van der Waals surface area contributed by atoms with E-state index in [4.69, 9.17) is 11.6 Å². The molecule has 1 saturated heterocycles. The highest BCUT2D eigenvalue weighted by molar-refractivity contribution is 8.00. The zero-order chi connectivity index (χ0) is 20.9. The number of halogens is 3. The fourth-order valence-electron chi connectivity index (χ4n) is 3.70. The quantitative estimate of drug-likeness (QED) is 0.421. The Labute approximate surface area is 184 Å². The maximum Gasteiger partial charge on any atom is 0.147 e. The first kappa shape index (κ1) is 21.1. The number of aromatic nitrogens is 1. The minimum absolute atomic E-state index is 0.0346. The molecule has 0 aliphatic carbocycles. The molecule has 0 radical (unpaired) electrons. The Kier molecular flexibility index (Phi) is 6.87. The molecule has 156 valence electrons. The van der Waals surface area contributed by atoms with Crippen LogP contribution >= 0.6 is 23.5 Å². The average Bonchev–Trinajstić information content (AvgIpc) is 2.76. The maximum atomic E-state index is 14.7. The summed E-state index contributed by atoms with van der Waals surface area (Å²) in [7, 11) is 0. The summed E-state index contributed by atoms with van der Waals surface area (Å²) >= 11 is 7.43. The van der Waals surface area contributed by atoms with Gasteiger partial charge in [0.25, 0.3) is 0 Å². The van der Waals surface area contributed by atoms with Gasteiger partial charge in [0.2, 0.25) is 0 Å². The van der Waals surface area contributed by atoms with Gasteiger partial charge < -0.3 is 4.31 Å². The summed E-state index contributed by atoms with van der Waals surface area (Å²) in [4.78, 5) is 7.46. The molecule has 1 fully saturated rings. The number of hydrogen-bond donors (Lipinski definition) is 0. The van der Waals surface area contributed by atoms with E-state index in [0.717, 1.165) is 49.0 Å². The third-order valence-electron chi connectivity index (χ3n) is 5.10. The third kappa shape index (κ3) is 5.31. The van der Waals surface area contributed by atoms with Crippen LogP contribution in [0.3, 0.4) is 0 Å². The van der Waals surface area contributed by atoms with Gasteiger partial charge in [-0.25, -0.2) is 8.78 Å². The number of benzene rings is 2. The van der Waals surface area contributed by atoms with Crippen molar-refractivity contribution < 1.29 is 8.78 Å². The molecule has 0 amide bonds. The van der Waals surface area contributed by atoms with Crippen molar-refractivity contribution in [3.05, 3.63) is 89.2 Å². The summed E-state index contributed by atoms with van der Waals surface area (Å²) in [5.74, 6) is -0.877. The summed E-state index contributed by atoms with van der Waals surface area (Å²) in [5, 5.41) is 0.642. The van der Waals surface area contributed by atoms with Gasteiger partial charge in [0, 0.05) is 41.5 Å². The number of piperidine rings is 1. The van der Waals surface area contributed by atoms with Crippen LogP contribution in [0.15, 0.2) is 71.9 Å². The van der Waals surface area contributed by atoms with Crippen LogP contribution in [0, 0.1) is 11.6 Å². The minimum Gasteiger partial charge on any atom is -0.305 e. The lowest BCUT2D eigenvalue weighted by Gasteiger charge is -2.39. The topological polar surface area (TPSA) is 19.4 Å². The molecule has 1 atom stereocenters. The van der Waals surface area contributed by atoms with Crippen molar-refractivity contribution in [3.8, 4) is 0 Å². The van der Waals surface area contributed by atoms with E-state index in [9.17, 15) is 8.78 Å². The molecule has 30 heavy (non-hydrogen) atoms. The predicted octanol–water partition coefficient (Wildman–Crippen LogP) is 6.19. The fraction of sp³-hybridized carbons (Fsp3) is 0.261. The number of anilines is 1. The lowest BCUT2D eigenvalue weighted by atomic mass is 10.0. The van der Waals surface area contributed by atoms with Crippen LogP contribution < -0.4 is 4.31 Å². The zero-order valence-electron chi connectivity index (χ0n) is 16.3. The summed E-state index contributed by atoms with van der Waals surface area (Å²) < 4.78 is 30.6. The van der Waals surface area contributed by atoms with Crippen molar-refractivity contribution in [2.45, 2.75) is 30.3 Å². The van der Waals surface area contributed by atoms with E-state index in [1.54, 1.807) is 18.3 Å². The summed E-state index contributed by atoms with van der Waals surface area (Å²) in [6.07, 6.45) is 5.52. The van der Waals surface area contributed by atoms with Gasteiger partial charge in [-0.3, -0.25) is 9.88 Å². The molecule has 7 heteroatoms. The Bertz CT molecular complexity index is 972. The molecule has 1 aromatic heterocycles. The van der Waals surface area contributed by atoms with Gasteiger partial charge in [0.05, 0.1) is 11.7 Å². The minimum atomic E-state index is -0.448. The molecule has 0 saturated carbocycles. The smallest absolute Gasteiger partial charge is 0.147 e. The Morgan fingerprint density at radius 2 is 1.97 bits per heavy atom. The van der Waals surface area contributed by atoms with E-state index in [2.05, 4.69) is 16.0 Å². The lowest BCUT2D eigenvalue weighted by molar-refractivity contribution is 0.203. The Hall–Kier alpha value is -2.15. The number of hydrogen-bond acceptors (Lipinski definition) is 4. The summed E-state index contributed by atoms with van der Waals surface area (Å²) in [6.45, 7) is 2.51.